The van der Waals surface area contributed by atoms with Crippen molar-refractivity contribution in [1.29, 1.82) is 0 Å². The van der Waals surface area contributed by atoms with Crippen LogP contribution in [0.5, 0.6) is 5.75 Å². The molecule has 1 rings (SSSR count). The molecular formula is C12H17F2NO3S. The summed E-state index contributed by atoms with van der Waals surface area (Å²) in [5.41, 5.74) is -0.0573. The first-order valence-electron chi connectivity index (χ1n) is 5.65. The van der Waals surface area contributed by atoms with Gasteiger partial charge in [0.15, 0.2) is 11.6 Å². The third kappa shape index (κ3) is 4.76. The quantitative estimate of drug-likeness (QED) is 0.927. The summed E-state index contributed by atoms with van der Waals surface area (Å²) in [7, 11) is -4.25. The first kappa shape index (κ1) is 15.8. The van der Waals surface area contributed by atoms with E-state index in [2.05, 4.69) is 0 Å². The number of rotatable bonds is 4. The van der Waals surface area contributed by atoms with Gasteiger partial charge in [-0.3, -0.25) is 0 Å². The van der Waals surface area contributed by atoms with E-state index in [1.54, 1.807) is 0 Å². The first-order valence-corrected chi connectivity index (χ1v) is 7.20. The number of hydrogen-bond donors (Lipinski definition) is 1. The average molecular weight is 293 g/mol. The smallest absolute Gasteiger partial charge is 0.241 e. The summed E-state index contributed by atoms with van der Waals surface area (Å²) in [6, 6.07) is 1.20. The Morgan fingerprint density at radius 1 is 1.26 bits per heavy atom. The Balaban J connectivity index is 3.06. The van der Waals surface area contributed by atoms with Crippen LogP contribution in [0.3, 0.4) is 0 Å². The third-order valence-corrected chi connectivity index (χ3v) is 3.30. The fraction of sp³-hybridized carbons (Fsp3) is 0.500. The Morgan fingerprint density at radius 2 is 1.84 bits per heavy atom. The molecule has 7 heteroatoms. The van der Waals surface area contributed by atoms with Crippen molar-refractivity contribution in [2.24, 2.45) is 10.6 Å². The molecule has 0 saturated carbocycles. The molecule has 0 heterocycles. The van der Waals surface area contributed by atoms with E-state index in [0.717, 1.165) is 0 Å². The van der Waals surface area contributed by atoms with Gasteiger partial charge in [-0.2, -0.15) is 0 Å². The summed E-state index contributed by atoms with van der Waals surface area (Å²) in [5, 5.41) is 4.91. The van der Waals surface area contributed by atoms with Crippen molar-refractivity contribution >= 4 is 10.0 Å². The average Bonchev–Trinajstić information content (AvgIpc) is 2.17. The van der Waals surface area contributed by atoms with Crippen LogP contribution in [0.2, 0.25) is 0 Å². The molecule has 0 unspecified atom stereocenters. The highest BCUT2D eigenvalue weighted by atomic mass is 32.2. The second kappa shape index (κ2) is 5.42. The molecule has 0 aliphatic rings. The van der Waals surface area contributed by atoms with E-state index < -0.39 is 32.3 Å². The highest BCUT2D eigenvalue weighted by molar-refractivity contribution is 7.89. The van der Waals surface area contributed by atoms with Gasteiger partial charge in [-0.25, -0.2) is 22.3 Å². The lowest BCUT2D eigenvalue weighted by Crippen LogP contribution is -2.17. The van der Waals surface area contributed by atoms with Crippen molar-refractivity contribution in [2.75, 3.05) is 6.61 Å². The zero-order valence-electron chi connectivity index (χ0n) is 11.0. The Bertz CT molecular complexity index is 565. The van der Waals surface area contributed by atoms with E-state index in [9.17, 15) is 17.2 Å². The van der Waals surface area contributed by atoms with Gasteiger partial charge in [0.1, 0.15) is 10.7 Å². The number of benzene rings is 1. The van der Waals surface area contributed by atoms with Crippen molar-refractivity contribution in [2.45, 2.75) is 32.1 Å². The largest absolute Gasteiger partial charge is 0.489 e. The van der Waals surface area contributed by atoms with Crippen LogP contribution in [-0.4, -0.2) is 15.0 Å². The molecule has 108 valence electrons. The lowest BCUT2D eigenvalue weighted by molar-refractivity contribution is 0.230. The van der Waals surface area contributed by atoms with Gasteiger partial charge >= 0.3 is 0 Å². The van der Waals surface area contributed by atoms with Crippen molar-refractivity contribution in [1.82, 2.24) is 0 Å². The van der Waals surface area contributed by atoms with Gasteiger partial charge in [-0.05, 0) is 17.9 Å². The summed E-state index contributed by atoms with van der Waals surface area (Å²) >= 11 is 0. The second-order valence-corrected chi connectivity index (χ2v) is 6.95. The summed E-state index contributed by atoms with van der Waals surface area (Å²) in [5.74, 6) is -2.64. The molecule has 0 bridgehead atoms. The van der Waals surface area contributed by atoms with Gasteiger partial charge < -0.3 is 4.74 Å². The minimum atomic E-state index is -4.25. The van der Waals surface area contributed by atoms with Crippen LogP contribution >= 0.6 is 0 Å². The highest BCUT2D eigenvalue weighted by Crippen LogP contribution is 2.28. The third-order valence-electron chi connectivity index (χ3n) is 2.38. The Labute approximate surface area is 111 Å². The Morgan fingerprint density at radius 3 is 2.32 bits per heavy atom. The normalized spacial score (nSPS) is 12.5. The maximum Gasteiger partial charge on any atom is 0.241 e. The maximum atomic E-state index is 13.6. The fourth-order valence-corrected chi connectivity index (χ4v) is 2.04. The van der Waals surface area contributed by atoms with E-state index in [1.165, 1.54) is 0 Å². The molecule has 0 fully saturated rings. The van der Waals surface area contributed by atoms with Crippen LogP contribution in [0, 0.1) is 17.0 Å². The Kier molecular flexibility index (Phi) is 4.52. The van der Waals surface area contributed by atoms with Gasteiger partial charge in [0, 0.05) is 6.07 Å². The lowest BCUT2D eigenvalue weighted by atomic mass is 9.93. The number of halogens is 2. The summed E-state index contributed by atoms with van der Waals surface area (Å²) in [4.78, 5) is -0.682. The molecule has 0 saturated heterocycles. The van der Waals surface area contributed by atoms with Crippen molar-refractivity contribution in [3.05, 3.63) is 23.8 Å². The highest BCUT2D eigenvalue weighted by Gasteiger charge is 2.22. The summed E-state index contributed by atoms with van der Waals surface area (Å²) < 4.78 is 54.3. The minimum absolute atomic E-state index is 0.0573. The molecule has 1 aromatic rings. The maximum absolute atomic E-state index is 13.6. The van der Waals surface area contributed by atoms with Crippen LogP contribution in [-0.2, 0) is 10.0 Å². The molecule has 19 heavy (non-hydrogen) atoms. The number of hydrogen-bond acceptors (Lipinski definition) is 3. The van der Waals surface area contributed by atoms with Gasteiger partial charge in [0.05, 0.1) is 6.61 Å². The molecule has 0 radical (unpaired) electrons. The van der Waals surface area contributed by atoms with Gasteiger partial charge in [0.25, 0.3) is 0 Å². The summed E-state index contributed by atoms with van der Waals surface area (Å²) in [6.45, 7) is 5.97. The molecule has 0 atom stereocenters. The van der Waals surface area contributed by atoms with Crippen molar-refractivity contribution in [3.63, 3.8) is 0 Å². The number of nitrogens with two attached hydrogens (primary N) is 1. The topological polar surface area (TPSA) is 69.4 Å². The monoisotopic (exact) mass is 293 g/mol. The molecule has 0 aliphatic carbocycles. The van der Waals surface area contributed by atoms with Gasteiger partial charge in [-0.15, -0.1) is 0 Å². The van der Waals surface area contributed by atoms with E-state index >= 15 is 0 Å². The first-order chi connectivity index (χ1) is 8.50. The molecule has 2 N–H and O–H groups in total. The van der Waals surface area contributed by atoms with E-state index in [0.29, 0.717) is 18.6 Å². The van der Waals surface area contributed by atoms with E-state index in [1.807, 2.05) is 20.8 Å². The standard InChI is InChI=1S/C12H17F2NO3S/c1-12(2,3)4-5-18-11-9(14)6-8(13)7-10(11)19(15,16)17/h6-7H,4-5H2,1-3H3,(H2,15,16,17). The van der Waals surface area contributed by atoms with Crippen molar-refractivity contribution < 1.29 is 21.9 Å². The van der Waals surface area contributed by atoms with Crippen LogP contribution in [0.15, 0.2) is 17.0 Å². The van der Waals surface area contributed by atoms with Crippen LogP contribution in [0.1, 0.15) is 27.2 Å². The molecular weight excluding hydrogens is 276 g/mol. The van der Waals surface area contributed by atoms with E-state index in [-0.39, 0.29) is 12.0 Å². The Hall–Kier alpha value is -1.21. The van der Waals surface area contributed by atoms with Crippen LogP contribution in [0.25, 0.3) is 0 Å². The number of primary sulfonamides is 1. The summed E-state index contributed by atoms with van der Waals surface area (Å²) in [6.07, 6.45) is 0.577. The van der Waals surface area contributed by atoms with Gasteiger partial charge in [0.2, 0.25) is 10.0 Å². The SMILES string of the molecule is CC(C)(C)CCOc1c(F)cc(F)cc1S(N)(=O)=O. The molecule has 0 aromatic heterocycles. The number of ether oxygens (including phenoxy) is 1. The molecule has 4 nitrogen and oxygen atoms in total. The molecule has 0 spiro atoms. The van der Waals surface area contributed by atoms with Gasteiger partial charge in [-0.1, -0.05) is 20.8 Å². The van der Waals surface area contributed by atoms with Crippen LogP contribution in [0.4, 0.5) is 8.78 Å². The molecule has 1 aromatic carbocycles. The zero-order valence-corrected chi connectivity index (χ0v) is 11.9. The fourth-order valence-electron chi connectivity index (χ4n) is 1.35. The minimum Gasteiger partial charge on any atom is -0.489 e. The molecule has 0 aliphatic heterocycles. The second-order valence-electron chi connectivity index (χ2n) is 5.42. The zero-order chi connectivity index (χ0) is 14.8. The predicted octanol–water partition coefficient (Wildman–Crippen LogP) is 2.43. The predicted molar refractivity (Wildman–Crippen MR) is 67.3 cm³/mol. The number of sulfonamides is 1. The van der Waals surface area contributed by atoms with E-state index in [4.69, 9.17) is 9.88 Å². The van der Waals surface area contributed by atoms with Crippen molar-refractivity contribution in [3.8, 4) is 5.75 Å². The van der Waals surface area contributed by atoms with Crippen LogP contribution < -0.4 is 9.88 Å². The lowest BCUT2D eigenvalue weighted by Gasteiger charge is -2.19. The molecule has 0 amide bonds.